The molecular weight excluding hydrogens is 306 g/mol. The van der Waals surface area contributed by atoms with Gasteiger partial charge in [0, 0.05) is 25.4 Å². The molecule has 0 radical (unpaired) electrons. The van der Waals surface area contributed by atoms with Crippen LogP contribution in [0.4, 0.5) is 0 Å². The number of hydrogen-bond acceptors (Lipinski definition) is 3. The Balaban J connectivity index is 1.84. The van der Waals surface area contributed by atoms with Crippen LogP contribution in [0.25, 0.3) is 0 Å². The van der Waals surface area contributed by atoms with Crippen LogP contribution >= 0.6 is 0 Å². The first-order chi connectivity index (χ1) is 11.6. The molecule has 0 saturated carbocycles. The summed E-state index contributed by atoms with van der Waals surface area (Å²) in [6.07, 6.45) is 3.11. The van der Waals surface area contributed by atoms with Crippen LogP contribution in [0.2, 0.25) is 0 Å². The van der Waals surface area contributed by atoms with Crippen LogP contribution in [0.3, 0.4) is 0 Å². The summed E-state index contributed by atoms with van der Waals surface area (Å²) in [7, 11) is 0. The van der Waals surface area contributed by atoms with Crippen molar-refractivity contribution in [1.29, 1.82) is 0 Å². The topological polar surface area (TPSA) is 70.8 Å². The summed E-state index contributed by atoms with van der Waals surface area (Å²) < 4.78 is 5.41. The third-order valence-electron chi connectivity index (χ3n) is 4.60. The van der Waals surface area contributed by atoms with E-state index in [1.54, 1.807) is 11.0 Å². The van der Waals surface area contributed by atoms with Crippen molar-refractivity contribution >= 4 is 11.9 Å². The van der Waals surface area contributed by atoms with Crippen LogP contribution in [-0.2, 0) is 11.2 Å². The number of hydrogen-bond donors (Lipinski definition) is 1. The molecular formula is C19H21NO4. The fourth-order valence-electron chi connectivity index (χ4n) is 3.38. The Labute approximate surface area is 140 Å². The number of aliphatic carboxylic acids is 1. The highest BCUT2D eigenvalue weighted by Gasteiger charge is 2.41. The minimum Gasteiger partial charge on any atom is -0.481 e. The largest absolute Gasteiger partial charge is 0.481 e. The van der Waals surface area contributed by atoms with Crippen LogP contribution in [0.15, 0.2) is 47.1 Å². The minimum atomic E-state index is -0.861. The van der Waals surface area contributed by atoms with Gasteiger partial charge in [-0.3, -0.25) is 9.59 Å². The molecule has 1 amide bonds. The Morgan fingerprint density at radius 3 is 2.62 bits per heavy atom. The summed E-state index contributed by atoms with van der Waals surface area (Å²) in [5.74, 6) is -1.10. The maximum atomic E-state index is 12.8. The molecule has 1 N–H and O–H groups in total. The first-order valence-corrected chi connectivity index (χ1v) is 8.25. The number of carboxylic acids is 1. The van der Waals surface area contributed by atoms with Crippen LogP contribution in [0, 0.1) is 5.92 Å². The average molecular weight is 327 g/mol. The second-order valence-corrected chi connectivity index (χ2v) is 6.18. The molecule has 1 aliphatic rings. The number of rotatable bonds is 5. The van der Waals surface area contributed by atoms with Gasteiger partial charge in [-0.1, -0.05) is 37.3 Å². The van der Waals surface area contributed by atoms with Crippen molar-refractivity contribution in [2.75, 3.05) is 13.1 Å². The highest BCUT2D eigenvalue weighted by atomic mass is 16.4. The lowest BCUT2D eigenvalue weighted by atomic mass is 9.89. The molecule has 2 heterocycles. The molecule has 3 rings (SSSR count). The van der Waals surface area contributed by atoms with E-state index in [1.165, 1.54) is 6.26 Å². The molecule has 0 bridgehead atoms. The lowest BCUT2D eigenvalue weighted by molar-refractivity contribution is -0.141. The number of benzene rings is 1. The van der Waals surface area contributed by atoms with E-state index in [1.807, 2.05) is 37.3 Å². The van der Waals surface area contributed by atoms with E-state index in [-0.39, 0.29) is 18.4 Å². The molecule has 0 aliphatic carbocycles. The van der Waals surface area contributed by atoms with Gasteiger partial charge in [-0.15, -0.1) is 0 Å². The summed E-state index contributed by atoms with van der Waals surface area (Å²) >= 11 is 0. The Morgan fingerprint density at radius 2 is 1.96 bits per heavy atom. The Bertz CT molecular complexity index is 722. The summed E-state index contributed by atoms with van der Waals surface area (Å²) in [5, 5.41) is 9.56. The van der Waals surface area contributed by atoms with E-state index in [4.69, 9.17) is 4.42 Å². The van der Waals surface area contributed by atoms with Crippen LogP contribution in [-0.4, -0.2) is 35.0 Å². The summed E-state index contributed by atoms with van der Waals surface area (Å²) in [6, 6.07) is 11.2. The van der Waals surface area contributed by atoms with Crippen molar-refractivity contribution in [3.8, 4) is 0 Å². The highest BCUT2D eigenvalue weighted by molar-refractivity contribution is 5.96. The normalized spacial score (nSPS) is 20.3. The van der Waals surface area contributed by atoms with Crippen molar-refractivity contribution in [1.82, 2.24) is 4.90 Å². The fraction of sp³-hybridized carbons (Fsp3) is 0.368. The zero-order valence-electron chi connectivity index (χ0n) is 13.6. The van der Waals surface area contributed by atoms with Crippen molar-refractivity contribution < 1.29 is 19.1 Å². The van der Waals surface area contributed by atoms with Crippen molar-refractivity contribution in [2.45, 2.75) is 25.7 Å². The maximum absolute atomic E-state index is 12.8. The number of carboxylic acid groups (broad SMARTS) is 1. The molecule has 1 aromatic carbocycles. The Hall–Kier alpha value is -2.56. The molecule has 1 saturated heterocycles. The zero-order chi connectivity index (χ0) is 17.1. The van der Waals surface area contributed by atoms with Gasteiger partial charge in [0.25, 0.3) is 5.91 Å². The van der Waals surface area contributed by atoms with E-state index < -0.39 is 11.9 Å². The Kier molecular flexibility index (Phi) is 4.69. The van der Waals surface area contributed by atoms with Gasteiger partial charge in [0.05, 0.1) is 17.7 Å². The van der Waals surface area contributed by atoms with Gasteiger partial charge in [0.15, 0.2) is 0 Å². The number of carbonyl (C=O) groups excluding carboxylic acids is 1. The molecule has 1 aromatic heterocycles. The minimum absolute atomic E-state index is 0.142. The number of furan rings is 1. The molecule has 24 heavy (non-hydrogen) atoms. The summed E-state index contributed by atoms with van der Waals surface area (Å²) in [4.78, 5) is 26.1. The second kappa shape index (κ2) is 6.91. The smallest absolute Gasteiger partial charge is 0.308 e. The maximum Gasteiger partial charge on any atom is 0.308 e. The monoisotopic (exact) mass is 327 g/mol. The molecule has 5 nitrogen and oxygen atoms in total. The van der Waals surface area contributed by atoms with Crippen molar-refractivity contribution in [3.05, 3.63) is 59.5 Å². The molecule has 1 aliphatic heterocycles. The fourth-order valence-corrected chi connectivity index (χ4v) is 3.38. The number of amides is 1. The standard InChI is InChI=1S/C19H21NO4/c1-2-6-17-14(9-10-24-17)18(21)20-11-15(16(12-20)19(22)23)13-7-4-3-5-8-13/h3-5,7-10,15-16H,2,6,11-12H2,1H3,(H,22,23). The van der Waals surface area contributed by atoms with Gasteiger partial charge in [-0.05, 0) is 18.1 Å². The predicted molar refractivity (Wildman–Crippen MR) is 88.9 cm³/mol. The van der Waals surface area contributed by atoms with E-state index in [2.05, 4.69) is 0 Å². The van der Waals surface area contributed by atoms with Gasteiger partial charge < -0.3 is 14.4 Å². The molecule has 1 fully saturated rings. The second-order valence-electron chi connectivity index (χ2n) is 6.18. The number of nitrogens with zero attached hydrogens (tertiary/aromatic N) is 1. The lowest BCUT2D eigenvalue weighted by Gasteiger charge is -2.16. The molecule has 2 unspecified atom stereocenters. The molecule has 2 atom stereocenters. The average Bonchev–Trinajstić information content (AvgIpc) is 3.22. The lowest BCUT2D eigenvalue weighted by Crippen LogP contribution is -2.30. The van der Waals surface area contributed by atoms with Gasteiger partial charge in [-0.2, -0.15) is 0 Å². The highest BCUT2D eigenvalue weighted by Crippen LogP contribution is 2.34. The number of likely N-dealkylation sites (tertiary alicyclic amines) is 1. The molecule has 126 valence electrons. The zero-order valence-corrected chi connectivity index (χ0v) is 13.6. The van der Waals surface area contributed by atoms with Crippen molar-refractivity contribution in [2.24, 2.45) is 5.92 Å². The van der Waals surface area contributed by atoms with Crippen molar-refractivity contribution in [3.63, 3.8) is 0 Å². The quantitative estimate of drug-likeness (QED) is 0.915. The molecule has 2 aromatic rings. The van der Waals surface area contributed by atoms with Crippen LogP contribution in [0.1, 0.15) is 40.9 Å². The van der Waals surface area contributed by atoms with E-state index in [0.29, 0.717) is 24.3 Å². The third-order valence-corrected chi connectivity index (χ3v) is 4.60. The van der Waals surface area contributed by atoms with Gasteiger partial charge in [-0.25, -0.2) is 0 Å². The Morgan fingerprint density at radius 1 is 1.21 bits per heavy atom. The SMILES string of the molecule is CCCc1occc1C(=O)N1CC(C(=O)O)C(c2ccccc2)C1. The third kappa shape index (κ3) is 3.07. The van der Waals surface area contributed by atoms with Crippen LogP contribution < -0.4 is 0 Å². The van der Waals surface area contributed by atoms with E-state index in [9.17, 15) is 14.7 Å². The molecule has 0 spiro atoms. The van der Waals surface area contributed by atoms with Gasteiger partial charge in [0.1, 0.15) is 5.76 Å². The van der Waals surface area contributed by atoms with E-state index in [0.717, 1.165) is 12.0 Å². The molecule has 5 heteroatoms. The van der Waals surface area contributed by atoms with Crippen LogP contribution in [0.5, 0.6) is 0 Å². The van der Waals surface area contributed by atoms with E-state index >= 15 is 0 Å². The first-order valence-electron chi connectivity index (χ1n) is 8.25. The predicted octanol–water partition coefficient (Wildman–Crippen LogP) is 3.17. The van der Waals surface area contributed by atoms with Gasteiger partial charge >= 0.3 is 5.97 Å². The number of carbonyl (C=O) groups is 2. The summed E-state index contributed by atoms with van der Waals surface area (Å²) in [6.45, 7) is 2.67. The summed E-state index contributed by atoms with van der Waals surface area (Å²) in [5.41, 5.74) is 1.51. The first kappa shape index (κ1) is 16.3. The number of aryl methyl sites for hydroxylation is 1. The van der Waals surface area contributed by atoms with Gasteiger partial charge in [0.2, 0.25) is 0 Å².